The van der Waals surface area contributed by atoms with Crippen molar-refractivity contribution in [2.24, 2.45) is 4.99 Å². The Labute approximate surface area is 113 Å². The number of hydrogen-bond donors (Lipinski definition) is 1. The number of allylic oxidation sites excluding steroid dienone is 1. The predicted octanol–water partition coefficient (Wildman–Crippen LogP) is 2.29. The lowest BCUT2D eigenvalue weighted by Crippen LogP contribution is -2.09. The monoisotopic (exact) mass is 273 g/mol. The van der Waals surface area contributed by atoms with Gasteiger partial charge in [0.2, 0.25) is 5.88 Å². The van der Waals surface area contributed by atoms with E-state index in [-0.39, 0.29) is 10.8 Å². The maximum atomic E-state index is 11.7. The van der Waals surface area contributed by atoms with E-state index in [0.717, 1.165) is 22.5 Å². The number of nitrogens with zero attached hydrogens (tertiary/aromatic N) is 3. The highest BCUT2D eigenvalue weighted by molar-refractivity contribution is 7.10. The number of aromatic hydroxyl groups is 1. The van der Waals surface area contributed by atoms with E-state index in [1.54, 1.807) is 18.5 Å². The molecule has 0 saturated heterocycles. The number of aromatic nitrogens is 2. The lowest BCUT2D eigenvalue weighted by atomic mass is 10.1. The van der Waals surface area contributed by atoms with Gasteiger partial charge in [0.05, 0.1) is 4.88 Å². The Bertz CT molecular complexity index is 755. The molecule has 0 bridgehead atoms. The molecule has 2 aromatic heterocycles. The summed E-state index contributed by atoms with van der Waals surface area (Å²) in [6.07, 6.45) is 5.14. The number of pyridine rings is 1. The Hall–Kier alpha value is -2.21. The minimum atomic E-state index is -0.159. The van der Waals surface area contributed by atoms with E-state index in [0.29, 0.717) is 17.2 Å². The Kier molecular flexibility index (Phi) is 2.79. The predicted molar refractivity (Wildman–Crippen MR) is 76.2 cm³/mol. The van der Waals surface area contributed by atoms with Crippen LogP contribution in [0.4, 0.5) is 5.82 Å². The van der Waals surface area contributed by atoms with Gasteiger partial charge in [-0.25, -0.2) is 9.98 Å². The molecule has 0 aromatic carbocycles. The van der Waals surface area contributed by atoms with Crippen LogP contribution in [0.25, 0.3) is 11.6 Å². The Balaban J connectivity index is 2.10. The smallest absolute Gasteiger partial charge is 0.310 e. The first-order valence-corrected chi connectivity index (χ1v) is 6.66. The third kappa shape index (κ3) is 1.90. The van der Waals surface area contributed by atoms with Crippen LogP contribution in [0.1, 0.15) is 17.4 Å². The van der Waals surface area contributed by atoms with E-state index in [4.69, 9.17) is 0 Å². The van der Waals surface area contributed by atoms with Crippen molar-refractivity contribution in [2.45, 2.75) is 13.5 Å². The van der Waals surface area contributed by atoms with Crippen molar-refractivity contribution in [3.63, 3.8) is 0 Å². The van der Waals surface area contributed by atoms with Gasteiger partial charge in [0, 0.05) is 30.1 Å². The lowest BCUT2D eigenvalue weighted by molar-refractivity contribution is 0.417. The lowest BCUT2D eigenvalue weighted by Gasteiger charge is -1.99. The number of fused-ring (bicyclic) bond motifs is 1. The molecule has 1 aliphatic heterocycles. The van der Waals surface area contributed by atoms with Crippen molar-refractivity contribution in [3.05, 3.63) is 38.4 Å². The van der Waals surface area contributed by atoms with Gasteiger partial charge >= 0.3 is 4.87 Å². The van der Waals surface area contributed by atoms with Gasteiger partial charge in [-0.3, -0.25) is 9.36 Å². The van der Waals surface area contributed by atoms with Crippen molar-refractivity contribution in [3.8, 4) is 5.88 Å². The number of thiazole rings is 1. The molecule has 0 fully saturated rings. The van der Waals surface area contributed by atoms with Gasteiger partial charge in [-0.05, 0) is 25.1 Å². The molecule has 0 spiro atoms. The minimum Gasteiger partial charge on any atom is -0.493 e. The van der Waals surface area contributed by atoms with Crippen LogP contribution in [0.5, 0.6) is 5.88 Å². The zero-order valence-electron chi connectivity index (χ0n) is 10.2. The second-order valence-electron chi connectivity index (χ2n) is 4.03. The first-order chi connectivity index (χ1) is 9.20. The largest absolute Gasteiger partial charge is 0.493 e. The number of rotatable bonds is 2. The van der Waals surface area contributed by atoms with Crippen LogP contribution in [-0.2, 0) is 6.54 Å². The van der Waals surface area contributed by atoms with Gasteiger partial charge in [0.15, 0.2) is 5.82 Å². The summed E-state index contributed by atoms with van der Waals surface area (Å²) in [4.78, 5) is 20.4. The summed E-state index contributed by atoms with van der Waals surface area (Å²) >= 11 is 1.03. The van der Waals surface area contributed by atoms with Crippen LogP contribution < -0.4 is 4.87 Å². The third-order valence-electron chi connectivity index (χ3n) is 2.92. The molecule has 0 saturated carbocycles. The van der Waals surface area contributed by atoms with Gasteiger partial charge in [-0.2, -0.15) is 0 Å². The highest BCUT2D eigenvalue weighted by atomic mass is 32.1. The van der Waals surface area contributed by atoms with Crippen molar-refractivity contribution in [1.29, 1.82) is 0 Å². The summed E-state index contributed by atoms with van der Waals surface area (Å²) in [5.41, 5.74) is 1.76. The van der Waals surface area contributed by atoms with Crippen molar-refractivity contribution in [1.82, 2.24) is 9.55 Å². The first-order valence-electron chi connectivity index (χ1n) is 5.84. The maximum Gasteiger partial charge on any atom is 0.310 e. The van der Waals surface area contributed by atoms with Crippen molar-refractivity contribution in [2.75, 3.05) is 0 Å². The summed E-state index contributed by atoms with van der Waals surface area (Å²) in [5.74, 6) is 0.672. The molecule has 1 N–H and O–H groups in total. The molecule has 19 heavy (non-hydrogen) atoms. The molecule has 3 heterocycles. The molecule has 5 nitrogen and oxygen atoms in total. The summed E-state index contributed by atoms with van der Waals surface area (Å²) < 4.78 is 1.34. The van der Waals surface area contributed by atoms with E-state index in [1.807, 2.05) is 19.1 Å². The van der Waals surface area contributed by atoms with Gasteiger partial charge in [-0.15, -0.1) is 0 Å². The van der Waals surface area contributed by atoms with Crippen LogP contribution in [0.15, 0.2) is 28.1 Å². The molecule has 96 valence electrons. The van der Waals surface area contributed by atoms with Crippen molar-refractivity contribution < 1.29 is 5.11 Å². The van der Waals surface area contributed by atoms with Gasteiger partial charge in [0.25, 0.3) is 0 Å². The fraction of sp³-hybridized carbons (Fsp3) is 0.154. The number of aliphatic imine (C=N–C) groups is 1. The van der Waals surface area contributed by atoms with Crippen LogP contribution in [0, 0.1) is 0 Å². The van der Waals surface area contributed by atoms with Crippen LogP contribution >= 0.6 is 11.3 Å². The Morgan fingerprint density at radius 2 is 2.37 bits per heavy atom. The van der Waals surface area contributed by atoms with E-state index in [2.05, 4.69) is 9.98 Å². The maximum absolute atomic E-state index is 11.7. The highest BCUT2D eigenvalue weighted by Crippen LogP contribution is 2.32. The molecular formula is C13H11N3O2S. The van der Waals surface area contributed by atoms with E-state index in [1.165, 1.54) is 4.57 Å². The fourth-order valence-corrected chi connectivity index (χ4v) is 2.87. The Morgan fingerprint density at radius 3 is 3.11 bits per heavy atom. The van der Waals surface area contributed by atoms with Crippen LogP contribution in [-0.4, -0.2) is 20.9 Å². The summed E-state index contributed by atoms with van der Waals surface area (Å²) in [5, 5.41) is 9.99. The zero-order chi connectivity index (χ0) is 13.4. The molecule has 3 rings (SSSR count). The van der Waals surface area contributed by atoms with E-state index >= 15 is 0 Å². The van der Waals surface area contributed by atoms with E-state index < -0.39 is 0 Å². The van der Waals surface area contributed by atoms with Gasteiger partial charge in [0.1, 0.15) is 0 Å². The summed E-state index contributed by atoms with van der Waals surface area (Å²) in [7, 11) is 0. The first kappa shape index (κ1) is 11.9. The van der Waals surface area contributed by atoms with Crippen LogP contribution in [0.3, 0.4) is 0 Å². The highest BCUT2D eigenvalue weighted by Gasteiger charge is 2.16. The molecule has 0 aliphatic carbocycles. The summed E-state index contributed by atoms with van der Waals surface area (Å²) in [6.45, 7) is 2.28. The number of hydrogen-bond acceptors (Lipinski definition) is 5. The summed E-state index contributed by atoms with van der Waals surface area (Å²) in [6, 6.07) is 3.75. The van der Waals surface area contributed by atoms with Crippen molar-refractivity contribution >= 4 is 35.0 Å². The molecule has 6 heteroatoms. The molecule has 0 unspecified atom stereocenters. The van der Waals surface area contributed by atoms with Crippen LogP contribution in [0.2, 0.25) is 0 Å². The van der Waals surface area contributed by atoms with Gasteiger partial charge in [-0.1, -0.05) is 11.3 Å². The second kappa shape index (κ2) is 4.47. The average molecular weight is 273 g/mol. The molecule has 1 aliphatic rings. The molecular weight excluding hydrogens is 262 g/mol. The van der Waals surface area contributed by atoms with Gasteiger partial charge < -0.3 is 5.11 Å². The SMILES string of the molecule is CCn1c(O)c(/C=C2\C=Nc3ncccc32)sc1=O. The standard InChI is InChI=1S/C13H11N3O2S/c1-2-16-12(17)10(19-13(16)18)6-8-7-15-11-9(8)4-3-5-14-11/h3-7,17H,2H2,1H3/b8-6+. The molecule has 0 radical (unpaired) electrons. The normalized spacial score (nSPS) is 15.1. The topological polar surface area (TPSA) is 67.5 Å². The third-order valence-corrected chi connectivity index (χ3v) is 3.84. The zero-order valence-corrected chi connectivity index (χ0v) is 11.0. The molecule has 2 aromatic rings. The average Bonchev–Trinajstić information content (AvgIpc) is 2.93. The molecule has 0 atom stereocenters. The fourth-order valence-electron chi connectivity index (χ4n) is 1.97. The minimum absolute atomic E-state index is 0.00994. The second-order valence-corrected chi connectivity index (χ2v) is 5.03. The molecule has 0 amide bonds. The van der Waals surface area contributed by atoms with E-state index in [9.17, 15) is 9.90 Å². The quantitative estimate of drug-likeness (QED) is 0.912. The Morgan fingerprint density at radius 1 is 1.53 bits per heavy atom.